The minimum Gasteiger partial charge on any atom is -0.481 e. The first-order valence-corrected chi connectivity index (χ1v) is 8.54. The Morgan fingerprint density at radius 2 is 1.90 bits per heavy atom. The summed E-state index contributed by atoms with van der Waals surface area (Å²) in [4.78, 5) is 11.5. The number of hydrogen-bond acceptors (Lipinski definition) is 2. The van der Waals surface area contributed by atoms with E-state index in [0.29, 0.717) is 5.92 Å². The fourth-order valence-corrected chi connectivity index (χ4v) is 4.83. The quantitative estimate of drug-likeness (QED) is 0.905. The number of carboxylic acids is 1. The fraction of sp³-hybridized carbons (Fsp3) is 0.562. The van der Waals surface area contributed by atoms with Gasteiger partial charge in [-0.05, 0) is 36.5 Å². The summed E-state index contributed by atoms with van der Waals surface area (Å²) in [6.45, 7) is 2.18. The number of carboxylic acid groups (broad SMARTS) is 1. The largest absolute Gasteiger partial charge is 0.481 e. The molecule has 3 nitrogen and oxygen atoms in total. The van der Waals surface area contributed by atoms with Crippen molar-refractivity contribution in [1.29, 1.82) is 0 Å². The predicted molar refractivity (Wildman–Crippen MR) is 80.2 cm³/mol. The summed E-state index contributed by atoms with van der Waals surface area (Å²) >= 11 is 0. The van der Waals surface area contributed by atoms with Gasteiger partial charge in [0, 0.05) is 10.1 Å². The molecule has 0 amide bonds. The maximum atomic E-state index is 12.7. The molecular weight excluding hydrogens is 272 g/mol. The van der Waals surface area contributed by atoms with Crippen molar-refractivity contribution >= 4 is 16.8 Å². The van der Waals surface area contributed by atoms with E-state index in [1.54, 1.807) is 12.1 Å². The Bertz CT molecular complexity index is 481. The third-order valence-corrected chi connectivity index (χ3v) is 6.06. The van der Waals surface area contributed by atoms with Gasteiger partial charge in [-0.2, -0.15) is 0 Å². The van der Waals surface area contributed by atoms with Crippen molar-refractivity contribution in [2.75, 3.05) is 0 Å². The van der Waals surface area contributed by atoms with Crippen LogP contribution in [0.3, 0.4) is 0 Å². The molecule has 3 unspecified atom stereocenters. The van der Waals surface area contributed by atoms with Gasteiger partial charge in [-0.15, -0.1) is 0 Å². The molecule has 110 valence electrons. The van der Waals surface area contributed by atoms with Crippen LogP contribution in [0.1, 0.15) is 44.6 Å². The topological polar surface area (TPSA) is 54.4 Å². The summed E-state index contributed by atoms with van der Waals surface area (Å²) in [5.41, 5.74) is 0.758. The molecule has 2 rings (SSSR count). The Morgan fingerprint density at radius 3 is 2.50 bits per heavy atom. The normalized spacial score (nSPS) is 24.2. The standard InChI is InChI=1S/C16H22O3S/c1-2-13-5-3-4-6-15(13)20(19)14-9-7-12(8-10-14)11-16(17)18/h7-10,13,15H,2-6,11H2,1H3,(H,17,18). The van der Waals surface area contributed by atoms with Gasteiger partial charge < -0.3 is 5.11 Å². The summed E-state index contributed by atoms with van der Waals surface area (Å²) in [5.74, 6) is -0.277. The highest BCUT2D eigenvalue weighted by Gasteiger charge is 2.29. The van der Waals surface area contributed by atoms with E-state index >= 15 is 0 Å². The summed E-state index contributed by atoms with van der Waals surface area (Å²) in [7, 11) is -0.968. The Hall–Kier alpha value is -1.16. The number of rotatable bonds is 5. The Morgan fingerprint density at radius 1 is 1.25 bits per heavy atom. The SMILES string of the molecule is CCC1CCCCC1S(=O)c1ccc(CC(=O)O)cc1. The van der Waals surface area contributed by atoms with E-state index in [-0.39, 0.29) is 11.7 Å². The first kappa shape index (κ1) is 15.2. The second-order valence-corrected chi connectivity index (χ2v) is 7.17. The van der Waals surface area contributed by atoms with Crippen LogP contribution in [0.25, 0.3) is 0 Å². The van der Waals surface area contributed by atoms with E-state index in [2.05, 4.69) is 6.92 Å². The second kappa shape index (κ2) is 7.02. The maximum absolute atomic E-state index is 12.7. The fourth-order valence-electron chi connectivity index (χ4n) is 3.01. The molecule has 0 aromatic heterocycles. The molecule has 1 fully saturated rings. The van der Waals surface area contributed by atoms with Crippen molar-refractivity contribution in [3.63, 3.8) is 0 Å². The monoisotopic (exact) mass is 294 g/mol. The molecule has 1 aromatic rings. The lowest BCUT2D eigenvalue weighted by Gasteiger charge is -2.30. The third-order valence-electron chi connectivity index (χ3n) is 4.15. The minimum atomic E-state index is -0.968. The molecule has 0 spiro atoms. The molecule has 4 heteroatoms. The number of aliphatic carboxylic acids is 1. The molecular formula is C16H22O3S. The molecule has 3 atom stereocenters. The lowest BCUT2D eigenvalue weighted by Crippen LogP contribution is -2.28. The predicted octanol–water partition coefficient (Wildman–Crippen LogP) is 3.39. The molecule has 0 heterocycles. The van der Waals surface area contributed by atoms with Gasteiger partial charge in [0.15, 0.2) is 0 Å². The van der Waals surface area contributed by atoms with Gasteiger partial charge in [0.05, 0.1) is 17.2 Å². The van der Waals surface area contributed by atoms with Gasteiger partial charge in [0.2, 0.25) is 0 Å². The van der Waals surface area contributed by atoms with E-state index in [1.807, 2.05) is 12.1 Å². The first-order chi connectivity index (χ1) is 9.61. The van der Waals surface area contributed by atoms with Crippen LogP contribution in [0.2, 0.25) is 0 Å². The molecule has 1 aliphatic carbocycles. The summed E-state index contributed by atoms with van der Waals surface area (Å²) in [6.07, 6.45) is 5.77. The molecule has 1 aliphatic rings. The van der Waals surface area contributed by atoms with E-state index in [1.165, 1.54) is 19.3 Å². The average Bonchev–Trinajstić information content (AvgIpc) is 2.46. The molecule has 0 bridgehead atoms. The number of hydrogen-bond donors (Lipinski definition) is 1. The third kappa shape index (κ3) is 3.69. The lowest BCUT2D eigenvalue weighted by molar-refractivity contribution is -0.136. The molecule has 0 radical (unpaired) electrons. The Labute approximate surface area is 122 Å². The van der Waals surface area contributed by atoms with E-state index in [4.69, 9.17) is 5.11 Å². The van der Waals surface area contributed by atoms with Gasteiger partial charge in [0.1, 0.15) is 0 Å². The number of benzene rings is 1. The van der Waals surface area contributed by atoms with Gasteiger partial charge in [-0.1, -0.05) is 38.3 Å². The van der Waals surface area contributed by atoms with Crippen LogP contribution in [0.15, 0.2) is 29.2 Å². The highest BCUT2D eigenvalue weighted by atomic mass is 32.2. The molecule has 0 aliphatic heterocycles. The van der Waals surface area contributed by atoms with Crippen molar-refractivity contribution in [2.45, 2.75) is 55.6 Å². The van der Waals surface area contributed by atoms with Crippen LogP contribution in [0.5, 0.6) is 0 Å². The van der Waals surface area contributed by atoms with Gasteiger partial charge >= 0.3 is 5.97 Å². The van der Waals surface area contributed by atoms with Crippen LogP contribution in [-0.2, 0) is 22.0 Å². The summed E-state index contributed by atoms with van der Waals surface area (Å²) < 4.78 is 12.7. The van der Waals surface area contributed by atoms with E-state index < -0.39 is 16.8 Å². The highest BCUT2D eigenvalue weighted by Crippen LogP contribution is 2.32. The van der Waals surface area contributed by atoms with Crippen molar-refractivity contribution in [3.8, 4) is 0 Å². The Balaban J connectivity index is 2.09. The van der Waals surface area contributed by atoms with E-state index in [0.717, 1.165) is 23.3 Å². The molecule has 0 saturated heterocycles. The van der Waals surface area contributed by atoms with Crippen LogP contribution in [-0.4, -0.2) is 20.5 Å². The first-order valence-electron chi connectivity index (χ1n) is 7.33. The smallest absolute Gasteiger partial charge is 0.307 e. The summed E-state index contributed by atoms with van der Waals surface area (Å²) in [6, 6.07) is 7.22. The zero-order chi connectivity index (χ0) is 14.5. The molecule has 1 N–H and O–H groups in total. The van der Waals surface area contributed by atoms with Crippen molar-refractivity contribution in [1.82, 2.24) is 0 Å². The van der Waals surface area contributed by atoms with Crippen molar-refractivity contribution < 1.29 is 14.1 Å². The van der Waals surface area contributed by atoms with Gasteiger partial charge in [-0.25, -0.2) is 0 Å². The highest BCUT2D eigenvalue weighted by molar-refractivity contribution is 7.85. The van der Waals surface area contributed by atoms with Crippen LogP contribution in [0.4, 0.5) is 0 Å². The van der Waals surface area contributed by atoms with Crippen LogP contribution in [0, 0.1) is 5.92 Å². The molecule has 1 saturated carbocycles. The van der Waals surface area contributed by atoms with Crippen LogP contribution < -0.4 is 0 Å². The van der Waals surface area contributed by atoms with E-state index in [9.17, 15) is 9.00 Å². The maximum Gasteiger partial charge on any atom is 0.307 e. The van der Waals surface area contributed by atoms with Gasteiger partial charge in [0.25, 0.3) is 0 Å². The van der Waals surface area contributed by atoms with Crippen molar-refractivity contribution in [3.05, 3.63) is 29.8 Å². The Kier molecular flexibility index (Phi) is 5.35. The molecule has 1 aromatic carbocycles. The number of carbonyl (C=O) groups is 1. The average molecular weight is 294 g/mol. The molecule has 20 heavy (non-hydrogen) atoms. The zero-order valence-corrected chi connectivity index (χ0v) is 12.7. The zero-order valence-electron chi connectivity index (χ0n) is 11.9. The lowest BCUT2D eigenvalue weighted by atomic mass is 9.87. The summed E-state index contributed by atoms with van der Waals surface area (Å²) in [5, 5.41) is 9.02. The van der Waals surface area contributed by atoms with Crippen molar-refractivity contribution in [2.24, 2.45) is 5.92 Å². The van der Waals surface area contributed by atoms with Gasteiger partial charge in [-0.3, -0.25) is 9.00 Å². The second-order valence-electron chi connectivity index (χ2n) is 5.50. The van der Waals surface area contributed by atoms with Crippen LogP contribution >= 0.6 is 0 Å². The minimum absolute atomic E-state index is 0.0218.